The Morgan fingerprint density at radius 2 is 1.71 bits per heavy atom. The van der Waals surface area contributed by atoms with Gasteiger partial charge in [-0.2, -0.15) is 0 Å². The standard InChI is InChI=1S/C20H28N2O2/c1-21(2)19(23)16-10-6-11-17(14-16)20(24)22-13-7-12-18(22)15-8-4-3-5-9-15/h6,10-11,14-15,18H,3-5,7-9,12-13H2,1-2H3. The quantitative estimate of drug-likeness (QED) is 0.851. The minimum absolute atomic E-state index is 0.0603. The first-order valence-corrected chi connectivity index (χ1v) is 9.20. The van der Waals surface area contributed by atoms with Crippen molar-refractivity contribution in [2.75, 3.05) is 20.6 Å². The molecule has 4 heteroatoms. The van der Waals surface area contributed by atoms with Gasteiger partial charge in [-0.3, -0.25) is 9.59 Å². The van der Waals surface area contributed by atoms with Crippen LogP contribution in [-0.4, -0.2) is 48.3 Å². The van der Waals surface area contributed by atoms with Crippen LogP contribution in [0.1, 0.15) is 65.7 Å². The number of hydrogen-bond acceptors (Lipinski definition) is 2. The lowest BCUT2D eigenvalue weighted by atomic mass is 9.83. The largest absolute Gasteiger partial charge is 0.345 e. The molecule has 4 nitrogen and oxygen atoms in total. The number of rotatable bonds is 3. The first-order valence-electron chi connectivity index (χ1n) is 9.20. The zero-order valence-electron chi connectivity index (χ0n) is 14.8. The minimum Gasteiger partial charge on any atom is -0.345 e. The van der Waals surface area contributed by atoms with Gasteiger partial charge in [0.15, 0.2) is 0 Å². The zero-order valence-corrected chi connectivity index (χ0v) is 14.8. The third-order valence-electron chi connectivity index (χ3n) is 5.52. The normalized spacial score (nSPS) is 21.8. The summed E-state index contributed by atoms with van der Waals surface area (Å²) in [6, 6.07) is 7.58. The second-order valence-corrected chi connectivity index (χ2v) is 7.39. The summed E-state index contributed by atoms with van der Waals surface area (Å²) >= 11 is 0. The lowest BCUT2D eigenvalue weighted by Gasteiger charge is -2.34. The molecule has 24 heavy (non-hydrogen) atoms. The van der Waals surface area contributed by atoms with Crippen LogP contribution in [0, 0.1) is 5.92 Å². The summed E-state index contributed by atoms with van der Waals surface area (Å²) in [5.41, 5.74) is 1.23. The van der Waals surface area contributed by atoms with E-state index >= 15 is 0 Å². The van der Waals surface area contributed by atoms with Crippen LogP contribution in [0.25, 0.3) is 0 Å². The Labute approximate surface area is 144 Å². The summed E-state index contributed by atoms with van der Waals surface area (Å²) in [5, 5.41) is 0. The number of carbonyl (C=O) groups is 2. The van der Waals surface area contributed by atoms with Crippen LogP contribution < -0.4 is 0 Å². The molecule has 1 aliphatic carbocycles. The average Bonchev–Trinajstić information content (AvgIpc) is 3.11. The molecule has 1 aliphatic heterocycles. The molecule has 1 saturated heterocycles. The Kier molecular flexibility index (Phi) is 5.22. The summed E-state index contributed by atoms with van der Waals surface area (Å²) in [7, 11) is 3.47. The monoisotopic (exact) mass is 328 g/mol. The van der Waals surface area contributed by atoms with E-state index in [1.54, 1.807) is 31.1 Å². The fourth-order valence-electron chi connectivity index (χ4n) is 4.26. The van der Waals surface area contributed by atoms with E-state index in [1.807, 2.05) is 12.1 Å². The van der Waals surface area contributed by atoms with Crippen molar-refractivity contribution in [3.63, 3.8) is 0 Å². The second kappa shape index (κ2) is 7.37. The van der Waals surface area contributed by atoms with Crippen LogP contribution in [0.5, 0.6) is 0 Å². The number of likely N-dealkylation sites (tertiary alicyclic amines) is 1. The molecule has 0 bridgehead atoms. The van der Waals surface area contributed by atoms with E-state index in [0.29, 0.717) is 23.1 Å². The summed E-state index contributed by atoms with van der Waals surface area (Å²) in [6.07, 6.45) is 8.69. The molecule has 1 saturated carbocycles. The maximum Gasteiger partial charge on any atom is 0.254 e. The molecule has 1 heterocycles. The van der Waals surface area contributed by atoms with E-state index in [4.69, 9.17) is 0 Å². The van der Waals surface area contributed by atoms with Gasteiger partial charge in [-0.15, -0.1) is 0 Å². The van der Waals surface area contributed by atoms with Gasteiger partial charge in [0.2, 0.25) is 0 Å². The Morgan fingerprint density at radius 1 is 1.00 bits per heavy atom. The lowest BCUT2D eigenvalue weighted by Crippen LogP contribution is -2.40. The van der Waals surface area contributed by atoms with Crippen molar-refractivity contribution in [1.29, 1.82) is 0 Å². The van der Waals surface area contributed by atoms with Gasteiger partial charge in [-0.1, -0.05) is 25.3 Å². The molecule has 0 aromatic heterocycles. The maximum atomic E-state index is 13.0. The van der Waals surface area contributed by atoms with Crippen molar-refractivity contribution in [2.45, 2.75) is 51.0 Å². The molecule has 0 radical (unpaired) electrons. The lowest BCUT2D eigenvalue weighted by molar-refractivity contribution is 0.0661. The Bertz CT molecular complexity index is 605. The molecule has 0 spiro atoms. The fraction of sp³-hybridized carbons (Fsp3) is 0.600. The van der Waals surface area contributed by atoms with Gasteiger partial charge in [0, 0.05) is 37.8 Å². The fourth-order valence-corrected chi connectivity index (χ4v) is 4.26. The summed E-state index contributed by atoms with van der Waals surface area (Å²) in [4.78, 5) is 28.8. The first kappa shape index (κ1) is 17.0. The third kappa shape index (κ3) is 3.47. The minimum atomic E-state index is -0.0603. The second-order valence-electron chi connectivity index (χ2n) is 7.39. The van der Waals surface area contributed by atoms with Crippen molar-refractivity contribution in [2.24, 2.45) is 5.92 Å². The molecule has 1 aromatic carbocycles. The average molecular weight is 328 g/mol. The molecular weight excluding hydrogens is 300 g/mol. The molecular formula is C20H28N2O2. The van der Waals surface area contributed by atoms with Gasteiger partial charge in [0.05, 0.1) is 0 Å². The van der Waals surface area contributed by atoms with Gasteiger partial charge in [-0.25, -0.2) is 0 Å². The van der Waals surface area contributed by atoms with Crippen LogP contribution in [0.4, 0.5) is 0 Å². The van der Waals surface area contributed by atoms with E-state index in [2.05, 4.69) is 4.90 Å². The number of amides is 2. The molecule has 1 unspecified atom stereocenters. The number of carbonyl (C=O) groups excluding carboxylic acids is 2. The first-order chi connectivity index (χ1) is 11.6. The van der Waals surface area contributed by atoms with Crippen LogP contribution in [0.15, 0.2) is 24.3 Å². The van der Waals surface area contributed by atoms with Gasteiger partial charge in [0.25, 0.3) is 11.8 Å². The molecule has 130 valence electrons. The number of benzene rings is 1. The smallest absolute Gasteiger partial charge is 0.254 e. The van der Waals surface area contributed by atoms with Crippen LogP contribution in [-0.2, 0) is 0 Å². The molecule has 1 aromatic rings. The summed E-state index contributed by atoms with van der Waals surface area (Å²) in [6.45, 7) is 0.853. The van der Waals surface area contributed by atoms with Gasteiger partial charge >= 0.3 is 0 Å². The van der Waals surface area contributed by atoms with Crippen molar-refractivity contribution < 1.29 is 9.59 Å². The SMILES string of the molecule is CN(C)C(=O)c1cccc(C(=O)N2CCCC2C2CCCCC2)c1. The van der Waals surface area contributed by atoms with Crippen LogP contribution in [0.2, 0.25) is 0 Å². The Morgan fingerprint density at radius 3 is 2.42 bits per heavy atom. The topological polar surface area (TPSA) is 40.6 Å². The van der Waals surface area contributed by atoms with Gasteiger partial charge < -0.3 is 9.80 Å². The highest BCUT2D eigenvalue weighted by Crippen LogP contribution is 2.35. The van der Waals surface area contributed by atoms with E-state index in [-0.39, 0.29) is 11.8 Å². The van der Waals surface area contributed by atoms with Crippen LogP contribution in [0.3, 0.4) is 0 Å². The number of hydrogen-bond donors (Lipinski definition) is 0. The highest BCUT2D eigenvalue weighted by Gasteiger charge is 2.35. The molecule has 3 rings (SSSR count). The Hall–Kier alpha value is -1.84. The Balaban J connectivity index is 1.77. The molecule has 0 N–H and O–H groups in total. The summed E-state index contributed by atoms with van der Waals surface area (Å²) in [5.74, 6) is 0.697. The van der Waals surface area contributed by atoms with E-state index < -0.39 is 0 Å². The third-order valence-corrected chi connectivity index (χ3v) is 5.52. The van der Waals surface area contributed by atoms with E-state index in [1.165, 1.54) is 32.1 Å². The molecule has 2 fully saturated rings. The van der Waals surface area contributed by atoms with Crippen molar-refractivity contribution in [3.8, 4) is 0 Å². The predicted molar refractivity (Wildman–Crippen MR) is 95.1 cm³/mol. The zero-order chi connectivity index (χ0) is 17.1. The predicted octanol–water partition coefficient (Wildman–Crippen LogP) is 3.57. The molecule has 2 amide bonds. The van der Waals surface area contributed by atoms with Gasteiger partial charge in [-0.05, 0) is 49.8 Å². The number of nitrogens with zero attached hydrogens (tertiary/aromatic N) is 2. The van der Waals surface area contributed by atoms with Crippen molar-refractivity contribution >= 4 is 11.8 Å². The van der Waals surface area contributed by atoms with E-state index in [9.17, 15) is 9.59 Å². The molecule has 1 atom stereocenters. The summed E-state index contributed by atoms with van der Waals surface area (Å²) < 4.78 is 0. The van der Waals surface area contributed by atoms with Crippen molar-refractivity contribution in [3.05, 3.63) is 35.4 Å². The molecule has 2 aliphatic rings. The van der Waals surface area contributed by atoms with Crippen LogP contribution >= 0.6 is 0 Å². The van der Waals surface area contributed by atoms with E-state index in [0.717, 1.165) is 19.4 Å². The highest BCUT2D eigenvalue weighted by molar-refractivity contribution is 5.99. The highest BCUT2D eigenvalue weighted by atomic mass is 16.2. The van der Waals surface area contributed by atoms with Crippen molar-refractivity contribution in [1.82, 2.24) is 9.80 Å². The maximum absolute atomic E-state index is 13.0. The van der Waals surface area contributed by atoms with Gasteiger partial charge in [0.1, 0.15) is 0 Å².